The molecule has 19 heavy (non-hydrogen) atoms. The summed E-state index contributed by atoms with van der Waals surface area (Å²) in [6.45, 7) is 0. The monoisotopic (exact) mass is 260 g/mol. The number of nitrogens with zero attached hydrogens (tertiary/aromatic N) is 1. The fourth-order valence-electron chi connectivity index (χ4n) is 2.57. The molecule has 1 saturated carbocycles. The lowest BCUT2D eigenvalue weighted by molar-refractivity contribution is -0.117. The van der Waals surface area contributed by atoms with Crippen molar-refractivity contribution in [1.82, 2.24) is 0 Å². The van der Waals surface area contributed by atoms with Gasteiger partial charge in [0.1, 0.15) is 11.9 Å². The van der Waals surface area contributed by atoms with Crippen molar-refractivity contribution >= 4 is 11.6 Å². The maximum absolute atomic E-state index is 13.0. The number of hydrogen-bond donors (Lipinski definition) is 1. The average molecular weight is 260 g/mol. The molecule has 1 N–H and O–H groups in total. The minimum atomic E-state index is -0.471. The van der Waals surface area contributed by atoms with Gasteiger partial charge in [0, 0.05) is 6.42 Å². The third-order valence-electron chi connectivity index (χ3n) is 3.57. The number of nitriles is 1. The number of carbonyl (C=O) groups is 1. The molecule has 0 unspecified atom stereocenters. The van der Waals surface area contributed by atoms with Gasteiger partial charge in [-0.05, 0) is 37.0 Å². The summed E-state index contributed by atoms with van der Waals surface area (Å²) in [5, 5.41) is 11.6. The minimum Gasteiger partial charge on any atom is -0.325 e. The second kappa shape index (κ2) is 6.33. The van der Waals surface area contributed by atoms with E-state index in [4.69, 9.17) is 5.26 Å². The summed E-state index contributed by atoms with van der Waals surface area (Å²) in [7, 11) is 0. The molecule has 3 nitrogen and oxygen atoms in total. The number of nitrogens with one attached hydrogen (secondary N) is 1. The Balaban J connectivity index is 1.97. The van der Waals surface area contributed by atoms with Gasteiger partial charge in [0.25, 0.3) is 0 Å². The Labute approximate surface area is 112 Å². The third kappa shape index (κ3) is 3.78. The second-order valence-corrected chi connectivity index (χ2v) is 5.06. The Hall–Kier alpha value is -1.89. The quantitative estimate of drug-likeness (QED) is 0.902. The van der Waals surface area contributed by atoms with Gasteiger partial charge in [-0.25, -0.2) is 4.39 Å². The summed E-state index contributed by atoms with van der Waals surface area (Å²) in [4.78, 5) is 11.9. The summed E-state index contributed by atoms with van der Waals surface area (Å²) in [6, 6.07) is 5.71. The van der Waals surface area contributed by atoms with Crippen LogP contribution in [0.15, 0.2) is 18.2 Å². The van der Waals surface area contributed by atoms with Gasteiger partial charge in [-0.1, -0.05) is 19.3 Å². The smallest absolute Gasteiger partial charge is 0.224 e. The van der Waals surface area contributed by atoms with E-state index in [0.717, 1.165) is 18.9 Å². The van der Waals surface area contributed by atoms with Gasteiger partial charge in [-0.15, -0.1) is 0 Å². The maximum Gasteiger partial charge on any atom is 0.224 e. The third-order valence-corrected chi connectivity index (χ3v) is 3.57. The molecular weight excluding hydrogens is 243 g/mol. The number of anilines is 1. The molecule has 0 atom stereocenters. The molecule has 1 aliphatic carbocycles. The summed E-state index contributed by atoms with van der Waals surface area (Å²) in [5.74, 6) is -0.114. The Bertz CT molecular complexity index is 501. The lowest BCUT2D eigenvalue weighted by atomic mass is 9.87. The minimum absolute atomic E-state index is 0.0880. The second-order valence-electron chi connectivity index (χ2n) is 5.06. The van der Waals surface area contributed by atoms with E-state index < -0.39 is 5.82 Å². The molecule has 0 spiro atoms. The zero-order valence-electron chi connectivity index (χ0n) is 10.8. The van der Waals surface area contributed by atoms with Crippen LogP contribution in [0.5, 0.6) is 0 Å². The molecule has 2 rings (SSSR count). The summed E-state index contributed by atoms with van der Waals surface area (Å²) < 4.78 is 13.0. The first-order valence-corrected chi connectivity index (χ1v) is 6.68. The Kier molecular flexibility index (Phi) is 4.51. The van der Waals surface area contributed by atoms with Gasteiger partial charge >= 0.3 is 0 Å². The number of hydrogen-bond acceptors (Lipinski definition) is 2. The van der Waals surface area contributed by atoms with Crippen molar-refractivity contribution in [3.63, 3.8) is 0 Å². The highest BCUT2D eigenvalue weighted by atomic mass is 19.1. The van der Waals surface area contributed by atoms with E-state index in [0.29, 0.717) is 18.0 Å². The number of rotatable bonds is 3. The predicted octanol–water partition coefficient (Wildman–Crippen LogP) is 3.61. The molecule has 0 aliphatic heterocycles. The molecule has 0 radical (unpaired) electrons. The van der Waals surface area contributed by atoms with Gasteiger partial charge in [-0.3, -0.25) is 4.79 Å². The molecule has 0 heterocycles. The van der Waals surface area contributed by atoms with Gasteiger partial charge in [0.2, 0.25) is 5.91 Å². The SMILES string of the molecule is N#Cc1cc(F)ccc1NC(=O)CC1CCCCC1. The highest BCUT2D eigenvalue weighted by Crippen LogP contribution is 2.27. The number of carbonyl (C=O) groups excluding carboxylic acids is 1. The van der Waals surface area contributed by atoms with Crippen LogP contribution in [0, 0.1) is 23.1 Å². The highest BCUT2D eigenvalue weighted by molar-refractivity contribution is 5.92. The number of amides is 1. The zero-order chi connectivity index (χ0) is 13.7. The van der Waals surface area contributed by atoms with Crippen LogP contribution in [0.3, 0.4) is 0 Å². The van der Waals surface area contributed by atoms with E-state index in [-0.39, 0.29) is 11.5 Å². The molecule has 4 heteroatoms. The average Bonchev–Trinajstić information content (AvgIpc) is 2.42. The van der Waals surface area contributed by atoms with Gasteiger partial charge in [0.15, 0.2) is 0 Å². The fourth-order valence-corrected chi connectivity index (χ4v) is 2.57. The molecule has 0 aromatic heterocycles. The first-order valence-electron chi connectivity index (χ1n) is 6.68. The fraction of sp³-hybridized carbons (Fsp3) is 0.467. The number of benzene rings is 1. The molecule has 1 fully saturated rings. The Morgan fingerprint density at radius 2 is 2.11 bits per heavy atom. The van der Waals surface area contributed by atoms with E-state index in [1.807, 2.05) is 6.07 Å². The van der Waals surface area contributed by atoms with Crippen molar-refractivity contribution in [3.05, 3.63) is 29.6 Å². The van der Waals surface area contributed by atoms with Crippen molar-refractivity contribution in [2.24, 2.45) is 5.92 Å². The largest absolute Gasteiger partial charge is 0.325 e. The van der Waals surface area contributed by atoms with Crippen molar-refractivity contribution in [2.75, 3.05) is 5.32 Å². The molecule has 0 saturated heterocycles. The van der Waals surface area contributed by atoms with Crippen molar-refractivity contribution in [3.8, 4) is 6.07 Å². The van der Waals surface area contributed by atoms with Crippen LogP contribution >= 0.6 is 0 Å². The van der Waals surface area contributed by atoms with Gasteiger partial charge in [0.05, 0.1) is 11.3 Å². The van der Waals surface area contributed by atoms with Gasteiger partial charge in [-0.2, -0.15) is 5.26 Å². The Morgan fingerprint density at radius 3 is 2.79 bits per heavy atom. The number of halogens is 1. The van der Waals surface area contributed by atoms with Crippen LogP contribution in [-0.2, 0) is 4.79 Å². The summed E-state index contributed by atoms with van der Waals surface area (Å²) >= 11 is 0. The van der Waals surface area contributed by atoms with E-state index in [1.165, 1.54) is 31.4 Å². The topological polar surface area (TPSA) is 52.9 Å². The van der Waals surface area contributed by atoms with E-state index >= 15 is 0 Å². The van der Waals surface area contributed by atoms with Crippen LogP contribution in [0.25, 0.3) is 0 Å². The predicted molar refractivity (Wildman–Crippen MR) is 70.9 cm³/mol. The lowest BCUT2D eigenvalue weighted by Crippen LogP contribution is -2.18. The summed E-state index contributed by atoms with van der Waals surface area (Å²) in [5.41, 5.74) is 0.557. The molecule has 1 aromatic rings. The van der Waals surface area contributed by atoms with Crippen molar-refractivity contribution < 1.29 is 9.18 Å². The molecule has 1 aromatic carbocycles. The summed E-state index contributed by atoms with van der Waals surface area (Å²) in [6.07, 6.45) is 6.33. The molecular formula is C15H17FN2O. The zero-order valence-corrected chi connectivity index (χ0v) is 10.8. The normalized spacial score (nSPS) is 15.8. The molecule has 0 bridgehead atoms. The van der Waals surface area contributed by atoms with Crippen LogP contribution in [0.2, 0.25) is 0 Å². The van der Waals surface area contributed by atoms with Crippen LogP contribution in [-0.4, -0.2) is 5.91 Å². The van der Waals surface area contributed by atoms with E-state index in [9.17, 15) is 9.18 Å². The first kappa shape index (κ1) is 13.5. The van der Waals surface area contributed by atoms with Crippen molar-refractivity contribution in [1.29, 1.82) is 5.26 Å². The Morgan fingerprint density at radius 1 is 1.37 bits per heavy atom. The molecule has 1 aliphatic rings. The van der Waals surface area contributed by atoms with Crippen molar-refractivity contribution in [2.45, 2.75) is 38.5 Å². The van der Waals surface area contributed by atoms with E-state index in [1.54, 1.807) is 0 Å². The highest BCUT2D eigenvalue weighted by Gasteiger charge is 2.17. The van der Waals surface area contributed by atoms with Crippen LogP contribution in [0.4, 0.5) is 10.1 Å². The van der Waals surface area contributed by atoms with Crippen LogP contribution in [0.1, 0.15) is 44.1 Å². The van der Waals surface area contributed by atoms with Crippen LogP contribution < -0.4 is 5.32 Å². The standard InChI is InChI=1S/C15H17FN2O/c16-13-6-7-14(12(9-13)10-17)18-15(19)8-11-4-2-1-3-5-11/h6-7,9,11H,1-5,8H2,(H,18,19). The molecule has 100 valence electrons. The lowest BCUT2D eigenvalue weighted by Gasteiger charge is -2.20. The van der Waals surface area contributed by atoms with Gasteiger partial charge < -0.3 is 5.32 Å². The maximum atomic E-state index is 13.0. The molecule has 1 amide bonds. The first-order chi connectivity index (χ1) is 9.19. The van der Waals surface area contributed by atoms with E-state index in [2.05, 4.69) is 5.32 Å².